The Morgan fingerprint density at radius 2 is 1.57 bits per heavy atom. The van der Waals surface area contributed by atoms with Crippen LogP contribution in [0.5, 0.6) is 5.75 Å². The van der Waals surface area contributed by atoms with Crippen LogP contribution in [0.4, 0.5) is 10.1 Å². The molecule has 0 aliphatic rings. The molecule has 0 spiro atoms. The monoisotopic (exact) mass is 428 g/mol. The maximum Gasteiger partial charge on any atom is 0.261 e. The van der Waals surface area contributed by atoms with Gasteiger partial charge in [0.25, 0.3) is 15.9 Å². The molecule has 3 rings (SSSR count). The van der Waals surface area contributed by atoms with Gasteiger partial charge in [-0.1, -0.05) is 18.2 Å². The van der Waals surface area contributed by atoms with Crippen LogP contribution >= 0.6 is 0 Å². The smallest absolute Gasteiger partial charge is 0.261 e. The topological polar surface area (TPSA) is 84.5 Å². The molecule has 0 radical (unpaired) electrons. The van der Waals surface area contributed by atoms with Crippen LogP contribution in [-0.4, -0.2) is 27.5 Å². The molecule has 0 aromatic heterocycles. The minimum absolute atomic E-state index is 0.0654. The summed E-state index contributed by atoms with van der Waals surface area (Å²) in [5, 5.41) is 2.75. The van der Waals surface area contributed by atoms with Crippen LogP contribution in [0.25, 0.3) is 0 Å². The highest BCUT2D eigenvalue weighted by atomic mass is 32.2. The van der Waals surface area contributed by atoms with Crippen molar-refractivity contribution < 1.29 is 22.3 Å². The second kappa shape index (κ2) is 9.89. The average molecular weight is 428 g/mol. The van der Waals surface area contributed by atoms with Gasteiger partial charge in [-0.25, -0.2) is 12.8 Å². The lowest BCUT2D eigenvalue weighted by atomic mass is 10.2. The van der Waals surface area contributed by atoms with Crippen LogP contribution in [0.3, 0.4) is 0 Å². The van der Waals surface area contributed by atoms with Crippen LogP contribution in [0.1, 0.15) is 16.8 Å². The Bertz CT molecular complexity index is 1070. The molecule has 0 aliphatic heterocycles. The molecule has 30 heavy (non-hydrogen) atoms. The van der Waals surface area contributed by atoms with Crippen molar-refractivity contribution in [3.05, 3.63) is 90.2 Å². The van der Waals surface area contributed by atoms with Crippen LogP contribution in [-0.2, 0) is 10.0 Å². The van der Waals surface area contributed by atoms with Gasteiger partial charge in [0.05, 0.1) is 11.5 Å². The third-order valence-electron chi connectivity index (χ3n) is 4.14. The summed E-state index contributed by atoms with van der Waals surface area (Å²) in [5.74, 6) is -0.0790. The number of benzene rings is 3. The first-order valence-corrected chi connectivity index (χ1v) is 10.8. The summed E-state index contributed by atoms with van der Waals surface area (Å²) in [5.41, 5.74) is 0.815. The quantitative estimate of drug-likeness (QED) is 0.508. The zero-order chi connectivity index (χ0) is 21.4. The average Bonchev–Trinajstić information content (AvgIpc) is 2.75. The number of carbonyl (C=O) groups is 1. The first kappa shape index (κ1) is 21.3. The summed E-state index contributed by atoms with van der Waals surface area (Å²) in [4.78, 5) is 12.3. The summed E-state index contributed by atoms with van der Waals surface area (Å²) >= 11 is 0. The number of halogens is 1. The molecule has 0 saturated heterocycles. The minimum Gasteiger partial charge on any atom is -0.494 e. The van der Waals surface area contributed by atoms with Crippen molar-refractivity contribution in [3.8, 4) is 5.75 Å². The van der Waals surface area contributed by atoms with E-state index in [0.717, 1.165) is 0 Å². The molecule has 6 nitrogen and oxygen atoms in total. The van der Waals surface area contributed by atoms with Crippen molar-refractivity contribution in [2.24, 2.45) is 0 Å². The molecule has 3 aromatic rings. The van der Waals surface area contributed by atoms with Gasteiger partial charge in [0.1, 0.15) is 11.6 Å². The Kier molecular flexibility index (Phi) is 7.03. The van der Waals surface area contributed by atoms with Crippen molar-refractivity contribution in [3.63, 3.8) is 0 Å². The van der Waals surface area contributed by atoms with E-state index in [4.69, 9.17) is 4.74 Å². The Morgan fingerprint density at radius 1 is 0.900 bits per heavy atom. The fraction of sp³-hybridized carbons (Fsp3) is 0.136. The summed E-state index contributed by atoms with van der Waals surface area (Å²) < 4.78 is 45.6. The molecule has 0 bridgehead atoms. The second-order valence-corrected chi connectivity index (χ2v) is 8.09. The molecule has 0 aliphatic carbocycles. The minimum atomic E-state index is -3.73. The third-order valence-corrected chi connectivity index (χ3v) is 5.54. The highest BCUT2D eigenvalue weighted by Gasteiger charge is 2.15. The first-order chi connectivity index (χ1) is 14.4. The van der Waals surface area contributed by atoms with Crippen LogP contribution < -0.4 is 14.8 Å². The molecule has 156 valence electrons. The Morgan fingerprint density at radius 3 is 2.23 bits per heavy atom. The number of ether oxygens (including phenoxy) is 1. The van der Waals surface area contributed by atoms with Gasteiger partial charge in [-0.15, -0.1) is 0 Å². The van der Waals surface area contributed by atoms with Crippen LogP contribution in [0, 0.1) is 5.82 Å². The molecule has 3 aromatic carbocycles. The van der Waals surface area contributed by atoms with E-state index in [1.54, 1.807) is 30.3 Å². The molecular formula is C22H21FN2O4S. The van der Waals surface area contributed by atoms with E-state index in [-0.39, 0.29) is 16.6 Å². The number of nitrogens with one attached hydrogen (secondary N) is 2. The number of rotatable bonds is 9. The molecule has 8 heteroatoms. The lowest BCUT2D eigenvalue weighted by molar-refractivity contribution is 0.0951. The van der Waals surface area contributed by atoms with E-state index in [1.165, 1.54) is 48.5 Å². The first-order valence-electron chi connectivity index (χ1n) is 9.28. The third kappa shape index (κ3) is 6.05. The highest BCUT2D eigenvalue weighted by Crippen LogP contribution is 2.16. The maximum absolute atomic E-state index is 12.8. The number of anilines is 1. The molecule has 0 heterocycles. The van der Waals surface area contributed by atoms with Crippen molar-refractivity contribution in [2.75, 3.05) is 17.9 Å². The Labute approximate surface area is 174 Å². The van der Waals surface area contributed by atoms with Crippen molar-refractivity contribution >= 4 is 21.6 Å². The zero-order valence-corrected chi connectivity index (χ0v) is 16.9. The van der Waals surface area contributed by atoms with Gasteiger partial charge in [0.15, 0.2) is 0 Å². The lowest BCUT2D eigenvalue weighted by Gasteiger charge is -2.09. The van der Waals surface area contributed by atoms with E-state index in [9.17, 15) is 17.6 Å². The maximum atomic E-state index is 12.8. The summed E-state index contributed by atoms with van der Waals surface area (Å²) in [7, 11) is -3.73. The van der Waals surface area contributed by atoms with E-state index < -0.39 is 10.0 Å². The van der Waals surface area contributed by atoms with Gasteiger partial charge in [-0.05, 0) is 67.1 Å². The number of amides is 1. The van der Waals surface area contributed by atoms with Gasteiger partial charge in [-0.2, -0.15) is 0 Å². The van der Waals surface area contributed by atoms with Gasteiger partial charge in [0, 0.05) is 17.8 Å². The van der Waals surface area contributed by atoms with E-state index in [0.29, 0.717) is 36.6 Å². The summed E-state index contributed by atoms with van der Waals surface area (Å²) in [6.07, 6.45) is 0.566. The largest absolute Gasteiger partial charge is 0.494 e. The van der Waals surface area contributed by atoms with Crippen LogP contribution in [0.15, 0.2) is 83.8 Å². The van der Waals surface area contributed by atoms with Gasteiger partial charge in [0.2, 0.25) is 0 Å². The predicted molar refractivity (Wildman–Crippen MR) is 113 cm³/mol. The number of hydrogen-bond donors (Lipinski definition) is 2. The lowest BCUT2D eigenvalue weighted by Crippen LogP contribution is -2.25. The second-order valence-electron chi connectivity index (χ2n) is 6.41. The van der Waals surface area contributed by atoms with Gasteiger partial charge in [-0.3, -0.25) is 9.52 Å². The fourth-order valence-corrected chi connectivity index (χ4v) is 3.66. The normalized spacial score (nSPS) is 11.0. The molecule has 1 amide bonds. The van der Waals surface area contributed by atoms with E-state index in [2.05, 4.69) is 10.0 Å². The fourth-order valence-electron chi connectivity index (χ4n) is 2.60. The Balaban J connectivity index is 1.47. The van der Waals surface area contributed by atoms with Crippen LogP contribution in [0.2, 0.25) is 0 Å². The van der Waals surface area contributed by atoms with Crippen molar-refractivity contribution in [2.45, 2.75) is 11.3 Å². The van der Waals surface area contributed by atoms with E-state index in [1.807, 2.05) is 0 Å². The van der Waals surface area contributed by atoms with Gasteiger partial charge < -0.3 is 10.1 Å². The standard InChI is InChI=1S/C22H21FN2O4S/c23-18-9-11-20(12-10-18)29-16-4-15-24-22(26)17-7-13-21(14-8-17)30(27,28)25-19-5-2-1-3-6-19/h1-3,5-14,25H,4,15-16H2,(H,24,26). The number of para-hydroxylation sites is 1. The SMILES string of the molecule is O=C(NCCCOc1ccc(F)cc1)c1ccc(S(=O)(=O)Nc2ccccc2)cc1. The highest BCUT2D eigenvalue weighted by molar-refractivity contribution is 7.92. The van der Waals surface area contributed by atoms with Crippen molar-refractivity contribution in [1.29, 1.82) is 0 Å². The predicted octanol–water partition coefficient (Wildman–Crippen LogP) is 3.83. The molecule has 0 atom stereocenters. The van der Waals surface area contributed by atoms with Crippen molar-refractivity contribution in [1.82, 2.24) is 5.32 Å². The molecule has 0 unspecified atom stereocenters. The number of hydrogen-bond acceptors (Lipinski definition) is 4. The molecule has 2 N–H and O–H groups in total. The summed E-state index contributed by atoms with van der Waals surface area (Å²) in [6.45, 7) is 0.754. The number of carbonyl (C=O) groups excluding carboxylic acids is 1. The molecule has 0 fully saturated rings. The zero-order valence-electron chi connectivity index (χ0n) is 16.0. The van der Waals surface area contributed by atoms with Gasteiger partial charge >= 0.3 is 0 Å². The number of sulfonamides is 1. The summed E-state index contributed by atoms with van der Waals surface area (Å²) in [6, 6.07) is 20.0. The molecular weight excluding hydrogens is 407 g/mol. The molecule has 0 saturated carbocycles. The van der Waals surface area contributed by atoms with E-state index >= 15 is 0 Å². The Hall–Kier alpha value is -3.39.